The Labute approximate surface area is 164 Å². The molecule has 2 aromatic heterocycles. The monoisotopic (exact) mass is 375 g/mol. The quantitative estimate of drug-likeness (QED) is 0.743. The number of aromatic amines is 1. The molecule has 1 aliphatic heterocycles. The van der Waals surface area contributed by atoms with E-state index in [4.69, 9.17) is 0 Å². The van der Waals surface area contributed by atoms with Crippen LogP contribution in [0.15, 0.2) is 59.7 Å². The van der Waals surface area contributed by atoms with Gasteiger partial charge >= 0.3 is 0 Å². The summed E-state index contributed by atoms with van der Waals surface area (Å²) in [5.41, 5.74) is 3.56. The van der Waals surface area contributed by atoms with Gasteiger partial charge in [0.25, 0.3) is 5.56 Å². The molecule has 0 spiro atoms. The summed E-state index contributed by atoms with van der Waals surface area (Å²) >= 11 is 0. The predicted octanol–water partition coefficient (Wildman–Crippen LogP) is 2.64. The van der Waals surface area contributed by atoms with E-state index in [1.54, 1.807) is 12.4 Å². The van der Waals surface area contributed by atoms with Gasteiger partial charge in [0.15, 0.2) is 0 Å². The molecule has 144 valence electrons. The van der Waals surface area contributed by atoms with Crippen LogP contribution in [0.25, 0.3) is 22.6 Å². The Morgan fingerprint density at radius 1 is 0.929 bits per heavy atom. The average molecular weight is 375 g/mol. The topological polar surface area (TPSA) is 65.1 Å². The molecule has 1 aromatic carbocycles. The molecule has 6 nitrogen and oxygen atoms in total. The van der Waals surface area contributed by atoms with Crippen molar-refractivity contribution in [1.29, 1.82) is 0 Å². The molecule has 0 unspecified atom stereocenters. The number of benzene rings is 1. The molecule has 6 heteroatoms. The molecule has 28 heavy (non-hydrogen) atoms. The number of piperazine rings is 1. The zero-order valence-electron chi connectivity index (χ0n) is 16.1. The summed E-state index contributed by atoms with van der Waals surface area (Å²) in [5, 5.41) is 0. The first-order valence-electron chi connectivity index (χ1n) is 9.77. The summed E-state index contributed by atoms with van der Waals surface area (Å²) in [5.74, 6) is 0.586. The van der Waals surface area contributed by atoms with Crippen LogP contribution in [-0.2, 0) is 6.54 Å². The van der Waals surface area contributed by atoms with E-state index in [2.05, 4.69) is 43.8 Å². The Morgan fingerprint density at radius 2 is 1.61 bits per heavy atom. The molecular weight excluding hydrogens is 350 g/mol. The highest BCUT2D eigenvalue weighted by Crippen LogP contribution is 2.20. The number of nitrogens with one attached hydrogen (secondary N) is 1. The van der Waals surface area contributed by atoms with Crippen LogP contribution in [0.2, 0.25) is 0 Å². The third kappa shape index (κ3) is 4.35. The summed E-state index contributed by atoms with van der Waals surface area (Å²) in [6, 6.07) is 13.5. The number of nitrogens with zero attached hydrogens (tertiary/aromatic N) is 4. The van der Waals surface area contributed by atoms with Gasteiger partial charge < -0.3 is 9.88 Å². The van der Waals surface area contributed by atoms with Gasteiger partial charge in [-0.25, -0.2) is 4.98 Å². The van der Waals surface area contributed by atoms with Gasteiger partial charge in [0.2, 0.25) is 0 Å². The fourth-order valence-corrected chi connectivity index (χ4v) is 3.55. The van der Waals surface area contributed by atoms with Gasteiger partial charge in [-0.05, 0) is 24.2 Å². The van der Waals surface area contributed by atoms with Crippen LogP contribution in [0.4, 0.5) is 0 Å². The Kier molecular flexibility index (Phi) is 5.60. The zero-order valence-corrected chi connectivity index (χ0v) is 16.1. The fourth-order valence-electron chi connectivity index (χ4n) is 3.55. The Balaban J connectivity index is 1.50. The van der Waals surface area contributed by atoms with Gasteiger partial charge in [-0.1, -0.05) is 31.2 Å². The minimum Gasteiger partial charge on any atom is -0.306 e. The molecule has 1 saturated heterocycles. The van der Waals surface area contributed by atoms with Crippen LogP contribution in [0.5, 0.6) is 0 Å². The number of H-pyrrole nitrogens is 1. The second-order valence-electron chi connectivity index (χ2n) is 7.12. The van der Waals surface area contributed by atoms with Crippen LogP contribution in [0.3, 0.4) is 0 Å². The molecule has 0 amide bonds. The van der Waals surface area contributed by atoms with E-state index in [0.717, 1.165) is 50.4 Å². The van der Waals surface area contributed by atoms with E-state index < -0.39 is 0 Å². The van der Waals surface area contributed by atoms with E-state index in [-0.39, 0.29) is 5.56 Å². The summed E-state index contributed by atoms with van der Waals surface area (Å²) < 4.78 is 0. The van der Waals surface area contributed by atoms with Gasteiger partial charge in [-0.15, -0.1) is 0 Å². The lowest BCUT2D eigenvalue weighted by Gasteiger charge is -2.34. The number of likely N-dealkylation sites (N-methyl/N-ethyl adjacent to an activating group) is 1. The molecule has 0 atom stereocenters. The standard InChI is InChI=1S/C22H25N5O/c1-2-26-11-13-27(14-12-26)16-17-3-5-19(6-4-17)22-24-20(15-21(28)25-22)18-7-9-23-10-8-18/h3-10,15H,2,11-14,16H2,1H3,(H,24,25,28). The Hall–Kier alpha value is -2.83. The molecule has 0 bridgehead atoms. The van der Waals surface area contributed by atoms with E-state index in [9.17, 15) is 4.79 Å². The van der Waals surface area contributed by atoms with Crippen molar-refractivity contribution >= 4 is 0 Å². The van der Waals surface area contributed by atoms with Crippen molar-refractivity contribution in [2.24, 2.45) is 0 Å². The van der Waals surface area contributed by atoms with Crippen LogP contribution < -0.4 is 5.56 Å². The van der Waals surface area contributed by atoms with Gasteiger partial charge in [-0.3, -0.25) is 14.7 Å². The molecular formula is C22H25N5O. The van der Waals surface area contributed by atoms with Crippen molar-refractivity contribution in [3.63, 3.8) is 0 Å². The number of hydrogen-bond donors (Lipinski definition) is 1. The van der Waals surface area contributed by atoms with Gasteiger partial charge in [0.05, 0.1) is 5.69 Å². The maximum atomic E-state index is 12.1. The van der Waals surface area contributed by atoms with Crippen molar-refractivity contribution in [1.82, 2.24) is 24.8 Å². The lowest BCUT2D eigenvalue weighted by Crippen LogP contribution is -2.45. The smallest absolute Gasteiger partial charge is 0.251 e. The maximum absolute atomic E-state index is 12.1. The van der Waals surface area contributed by atoms with Gasteiger partial charge in [0, 0.05) is 62.3 Å². The third-order valence-corrected chi connectivity index (χ3v) is 5.26. The van der Waals surface area contributed by atoms with Crippen LogP contribution in [0.1, 0.15) is 12.5 Å². The second-order valence-corrected chi connectivity index (χ2v) is 7.12. The molecule has 1 N–H and O–H groups in total. The molecule has 4 rings (SSSR count). The number of aromatic nitrogens is 3. The normalized spacial score (nSPS) is 15.6. The van der Waals surface area contributed by atoms with Crippen LogP contribution in [0, 0.1) is 0 Å². The average Bonchev–Trinajstić information content (AvgIpc) is 2.75. The van der Waals surface area contributed by atoms with Crippen molar-refractivity contribution in [3.05, 3.63) is 70.8 Å². The predicted molar refractivity (Wildman–Crippen MR) is 111 cm³/mol. The highest BCUT2D eigenvalue weighted by atomic mass is 16.1. The minimum absolute atomic E-state index is 0.158. The van der Waals surface area contributed by atoms with Crippen molar-refractivity contribution in [2.45, 2.75) is 13.5 Å². The first kappa shape index (κ1) is 18.5. The second kappa shape index (κ2) is 8.46. The Morgan fingerprint density at radius 3 is 2.29 bits per heavy atom. The SMILES string of the molecule is CCN1CCN(Cc2ccc(-c3nc(-c4ccncc4)cc(=O)[nH]3)cc2)CC1. The Bertz CT molecular complexity index is 960. The van der Waals surface area contributed by atoms with Crippen LogP contribution in [-0.4, -0.2) is 57.5 Å². The highest BCUT2D eigenvalue weighted by molar-refractivity contribution is 5.63. The number of rotatable bonds is 5. The molecule has 3 heterocycles. The fraction of sp³-hybridized carbons (Fsp3) is 0.318. The highest BCUT2D eigenvalue weighted by Gasteiger charge is 2.15. The lowest BCUT2D eigenvalue weighted by molar-refractivity contribution is 0.132. The lowest BCUT2D eigenvalue weighted by atomic mass is 10.1. The largest absolute Gasteiger partial charge is 0.306 e. The third-order valence-electron chi connectivity index (χ3n) is 5.26. The van der Waals surface area contributed by atoms with Gasteiger partial charge in [-0.2, -0.15) is 0 Å². The van der Waals surface area contributed by atoms with E-state index in [1.165, 1.54) is 11.6 Å². The van der Waals surface area contributed by atoms with E-state index in [0.29, 0.717) is 11.5 Å². The van der Waals surface area contributed by atoms with E-state index >= 15 is 0 Å². The minimum atomic E-state index is -0.158. The van der Waals surface area contributed by atoms with Crippen molar-refractivity contribution < 1.29 is 0 Å². The first-order valence-corrected chi connectivity index (χ1v) is 9.77. The summed E-state index contributed by atoms with van der Waals surface area (Å²) in [6.07, 6.45) is 3.40. The van der Waals surface area contributed by atoms with Crippen LogP contribution >= 0.6 is 0 Å². The molecule has 0 aliphatic carbocycles. The van der Waals surface area contributed by atoms with Gasteiger partial charge in [0.1, 0.15) is 5.82 Å². The number of hydrogen-bond acceptors (Lipinski definition) is 5. The molecule has 1 fully saturated rings. The number of pyridine rings is 1. The maximum Gasteiger partial charge on any atom is 0.251 e. The molecule has 0 saturated carbocycles. The molecule has 3 aromatic rings. The van der Waals surface area contributed by atoms with E-state index in [1.807, 2.05) is 24.3 Å². The first-order chi connectivity index (χ1) is 13.7. The summed E-state index contributed by atoms with van der Waals surface area (Å²) in [4.78, 5) is 28.6. The van der Waals surface area contributed by atoms with Crippen molar-refractivity contribution in [3.8, 4) is 22.6 Å². The summed E-state index contributed by atoms with van der Waals surface area (Å²) in [6.45, 7) is 8.81. The van der Waals surface area contributed by atoms with Crippen molar-refractivity contribution in [2.75, 3.05) is 32.7 Å². The zero-order chi connectivity index (χ0) is 19.3. The molecule has 0 radical (unpaired) electrons. The summed E-state index contributed by atoms with van der Waals surface area (Å²) in [7, 11) is 0. The molecule has 1 aliphatic rings.